The largest absolute Gasteiger partial charge is 0.489 e. The molecule has 0 bridgehead atoms. The molecule has 2 aliphatic rings. The molecule has 3 nitrogen and oxygen atoms in total. The lowest BCUT2D eigenvalue weighted by Gasteiger charge is -2.10. The first-order chi connectivity index (χ1) is 8.60. The maximum atomic E-state index is 11.9. The summed E-state index contributed by atoms with van der Waals surface area (Å²) in [5.74, 6) is 1.60. The number of anilines is 1. The number of carbonyl (C=O) groups excluding carboxylic acids is 1. The van der Waals surface area contributed by atoms with E-state index >= 15 is 0 Å². The van der Waals surface area contributed by atoms with Gasteiger partial charge in [-0.05, 0) is 43.4 Å². The lowest BCUT2D eigenvalue weighted by atomic mass is 10.2. The number of carbonyl (C=O) groups is 1. The van der Waals surface area contributed by atoms with Crippen molar-refractivity contribution in [1.82, 2.24) is 0 Å². The molecule has 0 unspecified atom stereocenters. The van der Waals surface area contributed by atoms with Crippen molar-refractivity contribution in [3.8, 4) is 5.75 Å². The highest BCUT2D eigenvalue weighted by atomic mass is 16.5. The third kappa shape index (κ3) is 2.01. The molecule has 0 aliphatic heterocycles. The predicted octanol–water partition coefficient (Wildman–Crippen LogP) is 2.99. The fraction of sp³-hybridized carbons (Fsp3) is 0.400. The molecule has 0 saturated heterocycles. The summed E-state index contributed by atoms with van der Waals surface area (Å²) < 4.78 is 5.55. The highest BCUT2D eigenvalue weighted by molar-refractivity contribution is 6.00. The van der Waals surface area contributed by atoms with Crippen molar-refractivity contribution in [2.24, 2.45) is 11.3 Å². The number of nitrogens with one attached hydrogen (secondary N) is 1. The van der Waals surface area contributed by atoms with E-state index in [1.54, 1.807) is 0 Å². The maximum absolute atomic E-state index is 11.9. The first kappa shape index (κ1) is 11.3. The normalized spacial score (nSPS) is 27.1. The Hall–Kier alpha value is -1.77. The van der Waals surface area contributed by atoms with Gasteiger partial charge in [0.1, 0.15) is 12.4 Å². The fourth-order valence-corrected chi connectivity index (χ4v) is 2.20. The molecular formula is C15H17NO2. The Morgan fingerprint density at radius 3 is 2.89 bits per heavy atom. The van der Waals surface area contributed by atoms with Gasteiger partial charge < -0.3 is 10.1 Å². The number of ether oxygens (including phenoxy) is 1. The van der Waals surface area contributed by atoms with Crippen LogP contribution in [0.25, 0.3) is 0 Å². The molecule has 1 N–H and O–H groups in total. The molecule has 2 saturated carbocycles. The van der Waals surface area contributed by atoms with Crippen LogP contribution in [0.3, 0.4) is 0 Å². The first-order valence-electron chi connectivity index (χ1n) is 6.29. The van der Waals surface area contributed by atoms with Gasteiger partial charge in [0.15, 0.2) is 0 Å². The fourth-order valence-electron chi connectivity index (χ4n) is 2.20. The lowest BCUT2D eigenvalue weighted by Crippen LogP contribution is -2.17. The minimum Gasteiger partial charge on any atom is -0.489 e. The van der Waals surface area contributed by atoms with Crippen LogP contribution >= 0.6 is 0 Å². The standard InChI is InChI=1S/C15H17NO2/c1-10(2)9-18-13-5-3-4-12(6-13)16-14(17)15-7-11(15)8-15/h3-6,11H,1,7-9H2,2H3,(H,16,17). The van der Waals surface area contributed by atoms with Crippen LogP contribution < -0.4 is 10.1 Å². The van der Waals surface area contributed by atoms with Crippen molar-refractivity contribution < 1.29 is 9.53 Å². The van der Waals surface area contributed by atoms with Crippen LogP contribution in [0.4, 0.5) is 5.69 Å². The van der Waals surface area contributed by atoms with E-state index < -0.39 is 0 Å². The van der Waals surface area contributed by atoms with Gasteiger partial charge in [-0.3, -0.25) is 4.79 Å². The highest BCUT2D eigenvalue weighted by Gasteiger charge is 2.74. The zero-order valence-electron chi connectivity index (χ0n) is 10.5. The van der Waals surface area contributed by atoms with Crippen LogP contribution in [0.5, 0.6) is 5.75 Å². The van der Waals surface area contributed by atoms with Gasteiger partial charge in [-0.2, -0.15) is 0 Å². The molecule has 0 radical (unpaired) electrons. The smallest absolute Gasteiger partial charge is 0.230 e. The SMILES string of the molecule is C=C(C)COc1cccc(NC(=O)C23CC2C3)c1. The molecule has 1 aromatic rings. The van der Waals surface area contributed by atoms with Crippen LogP contribution in [-0.2, 0) is 4.79 Å². The summed E-state index contributed by atoms with van der Waals surface area (Å²) in [4.78, 5) is 11.9. The van der Waals surface area contributed by atoms with Crippen molar-refractivity contribution in [3.63, 3.8) is 0 Å². The van der Waals surface area contributed by atoms with Crippen molar-refractivity contribution in [3.05, 3.63) is 36.4 Å². The summed E-state index contributed by atoms with van der Waals surface area (Å²) in [7, 11) is 0. The van der Waals surface area contributed by atoms with E-state index in [-0.39, 0.29) is 11.3 Å². The van der Waals surface area contributed by atoms with Crippen molar-refractivity contribution in [2.45, 2.75) is 19.8 Å². The van der Waals surface area contributed by atoms with Gasteiger partial charge in [-0.15, -0.1) is 0 Å². The van der Waals surface area contributed by atoms with Gasteiger partial charge >= 0.3 is 0 Å². The summed E-state index contributed by atoms with van der Waals surface area (Å²) in [5, 5.41) is 2.97. The van der Waals surface area contributed by atoms with Gasteiger partial charge in [0.2, 0.25) is 5.91 Å². The Balaban J connectivity index is 1.63. The molecular weight excluding hydrogens is 226 g/mol. The average Bonchev–Trinajstić information content (AvgIpc) is 3.15. The first-order valence-corrected chi connectivity index (χ1v) is 6.29. The van der Waals surface area contributed by atoms with Crippen LogP contribution in [-0.4, -0.2) is 12.5 Å². The summed E-state index contributed by atoms with van der Waals surface area (Å²) in [6.07, 6.45) is 2.15. The van der Waals surface area contributed by atoms with E-state index in [0.29, 0.717) is 12.5 Å². The Morgan fingerprint density at radius 1 is 1.56 bits per heavy atom. The van der Waals surface area contributed by atoms with E-state index in [9.17, 15) is 4.79 Å². The van der Waals surface area contributed by atoms with E-state index in [2.05, 4.69) is 11.9 Å². The Labute approximate surface area is 107 Å². The molecule has 1 amide bonds. The van der Waals surface area contributed by atoms with Gasteiger partial charge in [0.25, 0.3) is 0 Å². The van der Waals surface area contributed by atoms with Gasteiger partial charge in [0.05, 0.1) is 5.41 Å². The van der Waals surface area contributed by atoms with E-state index in [4.69, 9.17) is 4.74 Å². The topological polar surface area (TPSA) is 38.3 Å². The monoisotopic (exact) mass is 243 g/mol. The van der Waals surface area contributed by atoms with Crippen LogP contribution in [0.15, 0.2) is 36.4 Å². The molecule has 0 aromatic heterocycles. The molecule has 0 heterocycles. The van der Waals surface area contributed by atoms with E-state index in [1.165, 1.54) is 0 Å². The predicted molar refractivity (Wildman–Crippen MR) is 70.5 cm³/mol. The molecule has 18 heavy (non-hydrogen) atoms. The van der Waals surface area contributed by atoms with Crippen molar-refractivity contribution in [1.29, 1.82) is 0 Å². The quantitative estimate of drug-likeness (QED) is 0.807. The second-order valence-electron chi connectivity index (χ2n) is 5.49. The average molecular weight is 243 g/mol. The Kier molecular flexibility index (Phi) is 2.44. The summed E-state index contributed by atoms with van der Waals surface area (Å²) >= 11 is 0. The zero-order chi connectivity index (χ0) is 12.8. The van der Waals surface area contributed by atoms with Gasteiger partial charge in [0, 0.05) is 11.8 Å². The van der Waals surface area contributed by atoms with E-state index in [0.717, 1.165) is 29.9 Å². The number of amides is 1. The minimum atomic E-state index is 0.00850. The van der Waals surface area contributed by atoms with Crippen LogP contribution in [0.2, 0.25) is 0 Å². The maximum Gasteiger partial charge on any atom is 0.230 e. The number of hydrogen-bond acceptors (Lipinski definition) is 2. The second-order valence-corrected chi connectivity index (χ2v) is 5.49. The number of fused-ring (bicyclic) bond motifs is 1. The third-order valence-electron chi connectivity index (χ3n) is 3.71. The number of hydrogen-bond donors (Lipinski definition) is 1. The lowest BCUT2D eigenvalue weighted by molar-refractivity contribution is -0.119. The number of benzene rings is 1. The summed E-state index contributed by atoms with van der Waals surface area (Å²) in [5.41, 5.74) is 1.79. The van der Waals surface area contributed by atoms with Crippen LogP contribution in [0.1, 0.15) is 19.8 Å². The van der Waals surface area contributed by atoms with Gasteiger partial charge in [-0.25, -0.2) is 0 Å². The summed E-state index contributed by atoms with van der Waals surface area (Å²) in [6, 6.07) is 7.52. The zero-order valence-corrected chi connectivity index (χ0v) is 10.5. The van der Waals surface area contributed by atoms with E-state index in [1.807, 2.05) is 31.2 Å². The molecule has 94 valence electrons. The summed E-state index contributed by atoms with van der Waals surface area (Å²) in [6.45, 7) is 6.22. The molecule has 1 aromatic carbocycles. The second kappa shape index (κ2) is 3.87. The van der Waals surface area contributed by atoms with Crippen molar-refractivity contribution in [2.75, 3.05) is 11.9 Å². The number of rotatable bonds is 5. The van der Waals surface area contributed by atoms with Gasteiger partial charge in [-0.1, -0.05) is 12.6 Å². The molecule has 0 spiro atoms. The Morgan fingerprint density at radius 2 is 2.28 bits per heavy atom. The molecule has 0 atom stereocenters. The third-order valence-corrected chi connectivity index (χ3v) is 3.71. The molecule has 2 aliphatic carbocycles. The molecule has 2 fully saturated rings. The molecule has 3 heteroatoms. The molecule has 3 rings (SSSR count). The van der Waals surface area contributed by atoms with Crippen molar-refractivity contribution >= 4 is 11.6 Å². The highest BCUT2D eigenvalue weighted by Crippen LogP contribution is 2.75. The van der Waals surface area contributed by atoms with Crippen LogP contribution in [0, 0.1) is 11.3 Å². The Bertz CT molecular complexity index is 515. The minimum absolute atomic E-state index is 0.00850.